The van der Waals surface area contributed by atoms with Crippen LogP contribution in [0.2, 0.25) is 0 Å². The maximum Gasteiger partial charge on any atom is 0.166 e. The molecule has 0 radical (unpaired) electrons. The van der Waals surface area contributed by atoms with E-state index in [2.05, 4.69) is 47.9 Å². The highest BCUT2D eigenvalue weighted by molar-refractivity contribution is 5.46. The third kappa shape index (κ3) is 7.17. The van der Waals surface area contributed by atoms with E-state index in [0.29, 0.717) is 6.61 Å². The van der Waals surface area contributed by atoms with Gasteiger partial charge >= 0.3 is 0 Å². The summed E-state index contributed by atoms with van der Waals surface area (Å²) in [5, 5.41) is 7.02. The minimum absolute atomic E-state index is 0. The Bertz CT molecular complexity index is 689. The molecule has 1 heterocycles. The molecule has 1 aliphatic rings. The van der Waals surface area contributed by atoms with Crippen LogP contribution in [0.5, 0.6) is 11.5 Å². The second-order valence-electron chi connectivity index (χ2n) is 7.05. The molecule has 4 nitrogen and oxygen atoms in total. The summed E-state index contributed by atoms with van der Waals surface area (Å²) in [5.41, 5.74) is 3.56. The van der Waals surface area contributed by atoms with Gasteiger partial charge in [0, 0.05) is 12.1 Å². The Hall–Kier alpha value is -1.46. The quantitative estimate of drug-likeness (QED) is 0.499. The van der Waals surface area contributed by atoms with Crippen LogP contribution in [0.15, 0.2) is 42.5 Å². The van der Waals surface area contributed by atoms with Gasteiger partial charge in [-0.3, -0.25) is 0 Å². The second kappa shape index (κ2) is 12.9. The lowest BCUT2D eigenvalue weighted by Crippen LogP contribution is -3.00. The van der Waals surface area contributed by atoms with Gasteiger partial charge in [0.1, 0.15) is 6.61 Å². The number of hydrogen-bond acceptors (Lipinski definition) is 4. The fourth-order valence-corrected chi connectivity index (χ4v) is 3.36. The van der Waals surface area contributed by atoms with Gasteiger partial charge < -0.3 is 44.9 Å². The smallest absolute Gasteiger partial charge is 0.166 e. The Labute approximate surface area is 181 Å². The summed E-state index contributed by atoms with van der Waals surface area (Å²) >= 11 is 0. The maximum absolute atomic E-state index is 6.15. The summed E-state index contributed by atoms with van der Waals surface area (Å²) in [6.07, 6.45) is 2.50. The molecule has 3 rings (SSSR count). The third-order valence-corrected chi connectivity index (χ3v) is 4.99. The fraction of sp³-hybridized carbons (Fsp3) is 0.455. The Morgan fingerprint density at radius 3 is 2.43 bits per heavy atom. The molecule has 2 aromatic rings. The van der Waals surface area contributed by atoms with Crippen molar-refractivity contribution in [3.63, 3.8) is 0 Å². The van der Waals surface area contributed by atoms with Crippen LogP contribution in [0.4, 0.5) is 0 Å². The summed E-state index contributed by atoms with van der Waals surface area (Å²) < 4.78 is 11.7. The Balaban J connectivity index is 0.00000196. The zero-order valence-electron chi connectivity index (χ0n) is 16.6. The largest absolute Gasteiger partial charge is 1.00 e. The highest BCUT2D eigenvalue weighted by atomic mass is 35.5. The number of benzene rings is 2. The first-order valence-corrected chi connectivity index (χ1v) is 9.52. The first kappa shape index (κ1) is 24.6. The summed E-state index contributed by atoms with van der Waals surface area (Å²) in [4.78, 5) is 0. The van der Waals surface area contributed by atoms with Crippen molar-refractivity contribution in [2.45, 2.75) is 32.9 Å². The number of hydrogen-bond donors (Lipinski definition) is 2. The van der Waals surface area contributed by atoms with Gasteiger partial charge in [-0.05, 0) is 56.9 Å². The van der Waals surface area contributed by atoms with Crippen LogP contribution in [0.3, 0.4) is 0 Å². The Morgan fingerprint density at radius 1 is 1.04 bits per heavy atom. The molecule has 0 unspecified atom stereocenters. The van der Waals surface area contributed by atoms with Crippen LogP contribution in [0, 0.1) is 12.8 Å². The Morgan fingerprint density at radius 2 is 1.75 bits per heavy atom. The maximum atomic E-state index is 6.15. The van der Waals surface area contributed by atoms with Crippen molar-refractivity contribution in [3.05, 3.63) is 59.2 Å². The van der Waals surface area contributed by atoms with Crippen molar-refractivity contribution in [1.29, 1.82) is 0 Å². The molecular weight excluding hydrogens is 395 g/mol. The lowest BCUT2D eigenvalue weighted by atomic mass is 9.98. The lowest BCUT2D eigenvalue weighted by molar-refractivity contribution is -0.00100. The van der Waals surface area contributed by atoms with E-state index in [1.807, 2.05) is 12.1 Å². The monoisotopic (exact) mass is 424 g/mol. The number of aryl methyl sites for hydroxylation is 1. The Kier molecular flexibility index (Phi) is 11.3. The van der Waals surface area contributed by atoms with Gasteiger partial charge in [-0.25, -0.2) is 0 Å². The molecule has 28 heavy (non-hydrogen) atoms. The van der Waals surface area contributed by atoms with Crippen molar-refractivity contribution >= 4 is 0 Å². The molecule has 0 bridgehead atoms. The van der Waals surface area contributed by atoms with Gasteiger partial charge in [0.15, 0.2) is 11.5 Å². The van der Waals surface area contributed by atoms with Crippen LogP contribution in [-0.2, 0) is 13.2 Å². The number of halogens is 2. The molecular formula is C22H30Cl2N2O2-2. The van der Waals surface area contributed by atoms with Crippen LogP contribution in [0.25, 0.3) is 0 Å². The van der Waals surface area contributed by atoms with Gasteiger partial charge in [-0.15, -0.1) is 0 Å². The van der Waals surface area contributed by atoms with Crippen LogP contribution >= 0.6 is 0 Å². The van der Waals surface area contributed by atoms with E-state index in [0.717, 1.165) is 54.7 Å². The van der Waals surface area contributed by atoms with Gasteiger partial charge in [0.05, 0.1) is 7.11 Å². The minimum atomic E-state index is 0. The molecule has 6 heteroatoms. The first-order valence-electron chi connectivity index (χ1n) is 9.52. The van der Waals surface area contributed by atoms with Gasteiger partial charge in [-0.2, -0.15) is 0 Å². The lowest BCUT2D eigenvalue weighted by Gasteiger charge is -2.23. The average molecular weight is 425 g/mol. The molecule has 0 saturated carbocycles. The van der Waals surface area contributed by atoms with Crippen LogP contribution in [0.1, 0.15) is 29.5 Å². The molecule has 2 aromatic carbocycles. The molecule has 1 aliphatic heterocycles. The summed E-state index contributed by atoms with van der Waals surface area (Å²) in [7, 11) is 1.69. The molecule has 0 aliphatic carbocycles. The van der Waals surface area contributed by atoms with Crippen LogP contribution < -0.4 is 44.9 Å². The fourth-order valence-electron chi connectivity index (χ4n) is 3.36. The number of ether oxygens (including phenoxy) is 2. The summed E-state index contributed by atoms with van der Waals surface area (Å²) in [6, 6.07) is 14.5. The molecule has 156 valence electrons. The molecule has 1 saturated heterocycles. The predicted molar refractivity (Wildman–Crippen MR) is 106 cm³/mol. The van der Waals surface area contributed by atoms with E-state index < -0.39 is 0 Å². The topological polar surface area (TPSA) is 42.5 Å². The second-order valence-corrected chi connectivity index (χ2v) is 7.05. The van der Waals surface area contributed by atoms with E-state index in [-0.39, 0.29) is 24.8 Å². The molecule has 0 amide bonds. The molecule has 0 spiro atoms. The number of methoxy groups -OCH3 is 1. The summed E-state index contributed by atoms with van der Waals surface area (Å²) in [5.74, 6) is 2.39. The molecule has 1 fully saturated rings. The highest BCUT2D eigenvalue weighted by Gasteiger charge is 2.14. The SMILES string of the molecule is COc1cccc(CNCC2CCNCC2)c1OCc1ccc(C)cc1.[Cl-].[Cl-]. The van der Waals surface area contributed by atoms with E-state index in [1.165, 1.54) is 18.4 Å². The van der Waals surface area contributed by atoms with Crippen molar-refractivity contribution in [3.8, 4) is 11.5 Å². The number of para-hydroxylation sites is 1. The third-order valence-electron chi connectivity index (χ3n) is 4.99. The van der Waals surface area contributed by atoms with Crippen molar-refractivity contribution in [2.24, 2.45) is 5.92 Å². The number of nitrogens with one attached hydrogen (secondary N) is 2. The minimum Gasteiger partial charge on any atom is -1.00 e. The van der Waals surface area contributed by atoms with E-state index in [9.17, 15) is 0 Å². The number of rotatable bonds is 8. The van der Waals surface area contributed by atoms with Crippen molar-refractivity contribution in [2.75, 3.05) is 26.7 Å². The molecule has 0 aromatic heterocycles. The zero-order valence-corrected chi connectivity index (χ0v) is 18.2. The first-order chi connectivity index (χ1) is 12.8. The standard InChI is InChI=1S/C22H30N2O2.2ClH/c1-17-6-8-19(9-7-17)16-26-22-20(4-3-5-21(22)25-2)15-24-14-18-10-12-23-13-11-18;;/h3-9,18,23-24H,10-16H2,1-2H3;2*1H/p-2. The van der Waals surface area contributed by atoms with E-state index >= 15 is 0 Å². The van der Waals surface area contributed by atoms with E-state index in [4.69, 9.17) is 9.47 Å². The van der Waals surface area contributed by atoms with Gasteiger partial charge in [-0.1, -0.05) is 42.0 Å². The summed E-state index contributed by atoms with van der Waals surface area (Å²) in [6.45, 7) is 6.76. The highest BCUT2D eigenvalue weighted by Crippen LogP contribution is 2.32. The van der Waals surface area contributed by atoms with Gasteiger partial charge in [0.25, 0.3) is 0 Å². The number of piperidine rings is 1. The van der Waals surface area contributed by atoms with Crippen molar-refractivity contribution in [1.82, 2.24) is 10.6 Å². The van der Waals surface area contributed by atoms with Crippen LogP contribution in [-0.4, -0.2) is 26.7 Å². The van der Waals surface area contributed by atoms with Gasteiger partial charge in [0.2, 0.25) is 0 Å². The molecule has 2 N–H and O–H groups in total. The molecule has 0 atom stereocenters. The average Bonchev–Trinajstić information content (AvgIpc) is 2.69. The van der Waals surface area contributed by atoms with Crippen molar-refractivity contribution < 1.29 is 34.3 Å². The zero-order chi connectivity index (χ0) is 18.2. The normalized spacial score (nSPS) is 13.9. The van der Waals surface area contributed by atoms with E-state index in [1.54, 1.807) is 7.11 Å². The predicted octanol–water partition coefficient (Wildman–Crippen LogP) is -2.32.